The van der Waals surface area contributed by atoms with Crippen molar-refractivity contribution in [2.45, 2.75) is 12.5 Å². The maximum atomic E-state index is 14.1. The number of hydrogen-bond donors (Lipinski definition) is 1. The minimum atomic E-state index is -0.933. The van der Waals surface area contributed by atoms with Gasteiger partial charge in [-0.1, -0.05) is 24.3 Å². The summed E-state index contributed by atoms with van der Waals surface area (Å²) in [5.41, 5.74) is 1.10. The molecule has 0 aliphatic carbocycles. The average Bonchev–Trinajstić information content (AvgIpc) is 2.47. The van der Waals surface area contributed by atoms with Gasteiger partial charge in [0.2, 0.25) is 0 Å². The van der Waals surface area contributed by atoms with Gasteiger partial charge in [0.25, 0.3) is 0 Å². The summed E-state index contributed by atoms with van der Waals surface area (Å²) < 4.78 is 24.1. The van der Waals surface area contributed by atoms with E-state index >= 15 is 0 Å². The van der Waals surface area contributed by atoms with Crippen LogP contribution in [0.15, 0.2) is 42.5 Å². The fraction of sp³-hybridized carbons (Fsp3) is 0.250. The minimum absolute atomic E-state index is 0.132. The summed E-state index contributed by atoms with van der Waals surface area (Å²) in [6.45, 7) is 0. The molecule has 2 aromatic carbocycles. The Hall–Kier alpha value is -2.07. The van der Waals surface area contributed by atoms with E-state index in [9.17, 15) is 9.50 Å². The van der Waals surface area contributed by atoms with Crippen molar-refractivity contribution in [2.75, 3.05) is 14.2 Å². The van der Waals surface area contributed by atoms with E-state index < -0.39 is 11.9 Å². The Balaban J connectivity index is 2.21. The molecule has 2 aromatic rings. The summed E-state index contributed by atoms with van der Waals surface area (Å²) >= 11 is 0. The van der Waals surface area contributed by atoms with Gasteiger partial charge in [0.1, 0.15) is 5.75 Å². The molecule has 0 saturated carbocycles. The molecular weight excluding hydrogens is 259 g/mol. The summed E-state index contributed by atoms with van der Waals surface area (Å²) in [5, 5.41) is 10.2. The van der Waals surface area contributed by atoms with Gasteiger partial charge in [-0.15, -0.1) is 0 Å². The third-order valence-corrected chi connectivity index (χ3v) is 3.14. The molecule has 1 atom stereocenters. The summed E-state index contributed by atoms with van der Waals surface area (Å²) in [4.78, 5) is 0. The third kappa shape index (κ3) is 3.08. The third-order valence-electron chi connectivity index (χ3n) is 3.14. The number of aliphatic hydroxyl groups is 1. The van der Waals surface area contributed by atoms with Gasteiger partial charge in [-0.25, -0.2) is 4.39 Å². The highest BCUT2D eigenvalue weighted by Gasteiger charge is 2.16. The second-order valence-corrected chi connectivity index (χ2v) is 4.43. The van der Waals surface area contributed by atoms with Crippen LogP contribution in [0.2, 0.25) is 0 Å². The molecule has 3 nitrogen and oxygen atoms in total. The van der Waals surface area contributed by atoms with Gasteiger partial charge in [-0.3, -0.25) is 0 Å². The molecule has 0 heterocycles. The van der Waals surface area contributed by atoms with E-state index in [1.807, 2.05) is 24.3 Å². The van der Waals surface area contributed by atoms with Crippen LogP contribution in [-0.4, -0.2) is 19.3 Å². The number of rotatable bonds is 5. The second kappa shape index (κ2) is 6.39. The molecular formula is C16H17FO3. The molecule has 0 aliphatic rings. The first kappa shape index (κ1) is 14.3. The average molecular weight is 276 g/mol. The Morgan fingerprint density at radius 2 is 1.85 bits per heavy atom. The topological polar surface area (TPSA) is 38.7 Å². The first-order valence-corrected chi connectivity index (χ1v) is 6.29. The van der Waals surface area contributed by atoms with Crippen molar-refractivity contribution >= 4 is 0 Å². The van der Waals surface area contributed by atoms with E-state index in [-0.39, 0.29) is 11.3 Å². The van der Waals surface area contributed by atoms with Crippen molar-refractivity contribution in [3.8, 4) is 11.5 Å². The van der Waals surface area contributed by atoms with Gasteiger partial charge >= 0.3 is 0 Å². The van der Waals surface area contributed by atoms with Crippen molar-refractivity contribution in [1.29, 1.82) is 0 Å². The van der Waals surface area contributed by atoms with Gasteiger partial charge in [0.15, 0.2) is 11.6 Å². The molecule has 0 aliphatic heterocycles. The zero-order valence-corrected chi connectivity index (χ0v) is 11.5. The molecule has 1 N–H and O–H groups in total. The summed E-state index contributed by atoms with van der Waals surface area (Å²) in [6, 6.07) is 12.1. The Morgan fingerprint density at radius 1 is 1.10 bits per heavy atom. The lowest BCUT2D eigenvalue weighted by molar-refractivity contribution is 0.172. The molecule has 0 aromatic heterocycles. The van der Waals surface area contributed by atoms with Crippen LogP contribution in [0.5, 0.6) is 11.5 Å². The Morgan fingerprint density at radius 3 is 2.55 bits per heavy atom. The number of hydrogen-bond acceptors (Lipinski definition) is 3. The quantitative estimate of drug-likeness (QED) is 0.912. The van der Waals surface area contributed by atoms with Crippen molar-refractivity contribution in [3.63, 3.8) is 0 Å². The monoisotopic (exact) mass is 276 g/mol. The Kier molecular flexibility index (Phi) is 4.58. The molecule has 0 bridgehead atoms. The minimum Gasteiger partial charge on any atom is -0.497 e. The molecule has 0 fully saturated rings. The lowest BCUT2D eigenvalue weighted by atomic mass is 10.0. The highest BCUT2D eigenvalue weighted by molar-refractivity contribution is 5.34. The number of aliphatic hydroxyl groups excluding tert-OH is 1. The fourth-order valence-corrected chi connectivity index (χ4v) is 2.08. The molecule has 4 heteroatoms. The first-order valence-electron chi connectivity index (χ1n) is 6.29. The zero-order chi connectivity index (χ0) is 14.5. The van der Waals surface area contributed by atoms with Gasteiger partial charge < -0.3 is 14.6 Å². The molecule has 106 valence electrons. The van der Waals surface area contributed by atoms with Crippen molar-refractivity contribution in [1.82, 2.24) is 0 Å². The Labute approximate surface area is 117 Å². The zero-order valence-electron chi connectivity index (χ0n) is 11.5. The fourth-order valence-electron chi connectivity index (χ4n) is 2.08. The largest absolute Gasteiger partial charge is 0.497 e. The van der Waals surface area contributed by atoms with E-state index in [0.717, 1.165) is 5.56 Å². The SMILES string of the molecule is COc1cccc(CC(O)c2cccc(OC)c2F)c1. The summed E-state index contributed by atoms with van der Waals surface area (Å²) in [5.74, 6) is 0.318. The molecule has 1 unspecified atom stereocenters. The van der Waals surface area contributed by atoms with Crippen molar-refractivity contribution in [3.05, 3.63) is 59.4 Å². The normalized spacial score (nSPS) is 12.0. The first-order chi connectivity index (χ1) is 9.65. The maximum Gasteiger partial charge on any atom is 0.170 e. The summed E-state index contributed by atoms with van der Waals surface area (Å²) in [7, 11) is 2.98. The van der Waals surface area contributed by atoms with Gasteiger partial charge in [-0.05, 0) is 23.8 Å². The molecule has 0 spiro atoms. The predicted molar refractivity (Wildman–Crippen MR) is 74.6 cm³/mol. The standard InChI is InChI=1S/C16H17FO3/c1-19-12-6-3-5-11(9-12)10-14(18)13-7-4-8-15(20-2)16(13)17/h3-9,14,18H,10H2,1-2H3. The van der Waals surface area contributed by atoms with E-state index in [1.165, 1.54) is 13.2 Å². The number of benzene rings is 2. The van der Waals surface area contributed by atoms with E-state index in [4.69, 9.17) is 9.47 Å². The van der Waals surface area contributed by atoms with E-state index in [0.29, 0.717) is 12.2 Å². The lowest BCUT2D eigenvalue weighted by Crippen LogP contribution is -2.05. The number of halogens is 1. The van der Waals surface area contributed by atoms with Crippen LogP contribution in [0.1, 0.15) is 17.2 Å². The maximum absolute atomic E-state index is 14.1. The number of ether oxygens (including phenoxy) is 2. The molecule has 20 heavy (non-hydrogen) atoms. The van der Waals surface area contributed by atoms with Crippen molar-refractivity contribution < 1.29 is 19.0 Å². The molecule has 0 saturated heterocycles. The van der Waals surface area contributed by atoms with Crippen LogP contribution in [-0.2, 0) is 6.42 Å². The van der Waals surface area contributed by atoms with Crippen molar-refractivity contribution in [2.24, 2.45) is 0 Å². The second-order valence-electron chi connectivity index (χ2n) is 4.43. The predicted octanol–water partition coefficient (Wildman–Crippen LogP) is 3.12. The molecule has 0 amide bonds. The van der Waals surface area contributed by atoms with E-state index in [2.05, 4.69) is 0 Å². The van der Waals surface area contributed by atoms with Crippen LogP contribution in [0.3, 0.4) is 0 Å². The van der Waals surface area contributed by atoms with Crippen LogP contribution >= 0.6 is 0 Å². The van der Waals surface area contributed by atoms with Crippen LogP contribution < -0.4 is 9.47 Å². The Bertz CT molecular complexity index is 584. The molecule has 0 radical (unpaired) electrons. The van der Waals surface area contributed by atoms with Crippen LogP contribution in [0.25, 0.3) is 0 Å². The van der Waals surface area contributed by atoms with Gasteiger partial charge in [0.05, 0.1) is 20.3 Å². The highest BCUT2D eigenvalue weighted by Crippen LogP contribution is 2.27. The molecule has 2 rings (SSSR count). The highest BCUT2D eigenvalue weighted by atomic mass is 19.1. The lowest BCUT2D eigenvalue weighted by Gasteiger charge is -2.14. The smallest absolute Gasteiger partial charge is 0.170 e. The summed E-state index contributed by atoms with van der Waals surface area (Å²) in [6.07, 6.45) is -0.626. The van der Waals surface area contributed by atoms with Gasteiger partial charge in [0, 0.05) is 12.0 Å². The number of methoxy groups -OCH3 is 2. The van der Waals surface area contributed by atoms with Crippen LogP contribution in [0.4, 0.5) is 4.39 Å². The van der Waals surface area contributed by atoms with Gasteiger partial charge in [-0.2, -0.15) is 0 Å². The van der Waals surface area contributed by atoms with E-state index in [1.54, 1.807) is 19.2 Å². The van der Waals surface area contributed by atoms with Crippen LogP contribution in [0, 0.1) is 5.82 Å².